The Kier molecular flexibility index (Phi) is 5.47. The third-order valence-corrected chi connectivity index (χ3v) is 4.52. The van der Waals surface area contributed by atoms with Crippen LogP contribution in [0.1, 0.15) is 46.1 Å². The van der Waals surface area contributed by atoms with Crippen LogP contribution in [-0.2, 0) is 6.54 Å². The summed E-state index contributed by atoms with van der Waals surface area (Å²) >= 11 is 0. The maximum atomic E-state index is 3.54. The average molecular weight is 274 g/mol. The highest BCUT2D eigenvalue weighted by atomic mass is 15.1. The van der Waals surface area contributed by atoms with Crippen molar-refractivity contribution in [3.05, 3.63) is 29.8 Å². The van der Waals surface area contributed by atoms with Gasteiger partial charge in [-0.2, -0.15) is 0 Å². The summed E-state index contributed by atoms with van der Waals surface area (Å²) in [4.78, 5) is 2.58. The van der Waals surface area contributed by atoms with Crippen molar-refractivity contribution in [2.45, 2.75) is 53.1 Å². The first kappa shape index (κ1) is 15.4. The van der Waals surface area contributed by atoms with Gasteiger partial charge in [-0.3, -0.25) is 0 Å². The largest absolute Gasteiger partial charge is 0.371 e. The second-order valence-electron chi connectivity index (χ2n) is 6.73. The number of benzene rings is 1. The lowest BCUT2D eigenvalue weighted by Crippen LogP contribution is -2.36. The van der Waals surface area contributed by atoms with Gasteiger partial charge in [0, 0.05) is 31.4 Å². The van der Waals surface area contributed by atoms with Crippen molar-refractivity contribution in [3.63, 3.8) is 0 Å². The van der Waals surface area contributed by atoms with Crippen molar-refractivity contribution in [1.82, 2.24) is 5.32 Å². The number of hydrogen-bond donors (Lipinski definition) is 1. The molecule has 0 radical (unpaired) electrons. The summed E-state index contributed by atoms with van der Waals surface area (Å²) < 4.78 is 0. The lowest BCUT2D eigenvalue weighted by molar-refractivity contribution is 0.311. The number of nitrogens with one attached hydrogen (secondary N) is 1. The summed E-state index contributed by atoms with van der Waals surface area (Å²) in [5, 5.41) is 3.54. The molecule has 0 aromatic heterocycles. The summed E-state index contributed by atoms with van der Waals surface area (Å²) in [5.41, 5.74) is 2.87. The number of rotatable bonds is 5. The Bertz CT molecular complexity index is 404. The van der Waals surface area contributed by atoms with Gasteiger partial charge in [-0.15, -0.1) is 0 Å². The molecule has 0 unspecified atom stereocenters. The van der Waals surface area contributed by atoms with Crippen molar-refractivity contribution in [2.24, 2.45) is 11.8 Å². The Morgan fingerprint density at radius 3 is 2.35 bits per heavy atom. The van der Waals surface area contributed by atoms with E-state index in [-0.39, 0.29) is 0 Å². The van der Waals surface area contributed by atoms with Crippen LogP contribution in [0.3, 0.4) is 0 Å². The highest BCUT2D eigenvalue weighted by molar-refractivity contribution is 5.54. The minimum absolute atomic E-state index is 0.537. The minimum Gasteiger partial charge on any atom is -0.371 e. The molecule has 1 heterocycles. The zero-order valence-corrected chi connectivity index (χ0v) is 13.5. The zero-order valence-electron chi connectivity index (χ0n) is 13.5. The highest BCUT2D eigenvalue weighted by Gasteiger charge is 2.22. The average Bonchev–Trinajstić information content (AvgIpc) is 2.45. The number of anilines is 1. The van der Waals surface area contributed by atoms with Crippen LogP contribution in [0.25, 0.3) is 0 Å². The SMILES string of the molecule is CC(C)NCc1ccccc1N1CCC(C(C)C)CC1. The molecule has 1 aliphatic rings. The molecule has 1 saturated heterocycles. The molecule has 1 aromatic carbocycles. The smallest absolute Gasteiger partial charge is 0.0411 e. The van der Waals surface area contributed by atoms with Crippen LogP contribution in [-0.4, -0.2) is 19.1 Å². The summed E-state index contributed by atoms with van der Waals surface area (Å²) in [6, 6.07) is 9.41. The maximum Gasteiger partial charge on any atom is 0.0411 e. The molecule has 0 bridgehead atoms. The van der Waals surface area contributed by atoms with Crippen molar-refractivity contribution in [1.29, 1.82) is 0 Å². The van der Waals surface area contributed by atoms with Crippen molar-refractivity contribution < 1.29 is 0 Å². The summed E-state index contributed by atoms with van der Waals surface area (Å²) in [7, 11) is 0. The zero-order chi connectivity index (χ0) is 14.5. The van der Waals surface area contributed by atoms with Gasteiger partial charge in [-0.05, 0) is 36.3 Å². The van der Waals surface area contributed by atoms with E-state index in [4.69, 9.17) is 0 Å². The Hall–Kier alpha value is -1.02. The minimum atomic E-state index is 0.537. The van der Waals surface area contributed by atoms with Gasteiger partial charge in [-0.1, -0.05) is 45.9 Å². The molecular weight excluding hydrogens is 244 g/mol. The van der Waals surface area contributed by atoms with Gasteiger partial charge in [0.25, 0.3) is 0 Å². The van der Waals surface area contributed by atoms with Gasteiger partial charge in [0.1, 0.15) is 0 Å². The van der Waals surface area contributed by atoms with Gasteiger partial charge in [0.05, 0.1) is 0 Å². The fourth-order valence-corrected chi connectivity index (χ4v) is 3.09. The topological polar surface area (TPSA) is 15.3 Å². The predicted molar refractivity (Wildman–Crippen MR) is 88.2 cm³/mol. The van der Waals surface area contributed by atoms with Gasteiger partial charge >= 0.3 is 0 Å². The molecule has 0 spiro atoms. The van der Waals surface area contributed by atoms with Crippen LogP contribution in [0.2, 0.25) is 0 Å². The second-order valence-corrected chi connectivity index (χ2v) is 6.73. The molecule has 1 fully saturated rings. The van der Waals surface area contributed by atoms with Gasteiger partial charge in [-0.25, -0.2) is 0 Å². The Labute approximate surface area is 124 Å². The monoisotopic (exact) mass is 274 g/mol. The van der Waals surface area contributed by atoms with E-state index < -0.39 is 0 Å². The molecule has 1 aliphatic heterocycles. The number of piperidine rings is 1. The molecule has 1 N–H and O–H groups in total. The Morgan fingerprint density at radius 2 is 1.75 bits per heavy atom. The maximum absolute atomic E-state index is 3.54. The van der Waals surface area contributed by atoms with Gasteiger partial charge < -0.3 is 10.2 Å². The summed E-state index contributed by atoms with van der Waals surface area (Å²) in [5.74, 6) is 1.74. The normalized spacial score (nSPS) is 17.2. The number of nitrogens with zero attached hydrogens (tertiary/aromatic N) is 1. The fraction of sp³-hybridized carbons (Fsp3) is 0.667. The molecule has 0 saturated carbocycles. The quantitative estimate of drug-likeness (QED) is 0.871. The highest BCUT2D eigenvalue weighted by Crippen LogP contribution is 2.29. The van der Waals surface area contributed by atoms with Crippen LogP contribution in [0, 0.1) is 11.8 Å². The molecule has 0 amide bonds. The van der Waals surface area contributed by atoms with Crippen molar-refractivity contribution in [3.8, 4) is 0 Å². The van der Waals surface area contributed by atoms with E-state index in [1.807, 2.05) is 0 Å². The number of para-hydroxylation sites is 1. The molecule has 1 aromatic rings. The van der Waals surface area contributed by atoms with Crippen molar-refractivity contribution >= 4 is 5.69 Å². The third kappa shape index (κ3) is 3.99. The Morgan fingerprint density at radius 1 is 1.10 bits per heavy atom. The second kappa shape index (κ2) is 7.12. The van der Waals surface area contributed by atoms with E-state index in [9.17, 15) is 0 Å². The van der Waals surface area contributed by atoms with Crippen LogP contribution in [0.5, 0.6) is 0 Å². The molecule has 0 aliphatic carbocycles. The molecule has 0 atom stereocenters. The van der Waals surface area contributed by atoms with Crippen LogP contribution >= 0.6 is 0 Å². The molecule has 2 rings (SSSR count). The molecule has 2 nitrogen and oxygen atoms in total. The third-order valence-electron chi connectivity index (χ3n) is 4.52. The lowest BCUT2D eigenvalue weighted by atomic mass is 9.86. The fourth-order valence-electron chi connectivity index (χ4n) is 3.09. The van der Waals surface area contributed by atoms with Crippen LogP contribution in [0.15, 0.2) is 24.3 Å². The summed E-state index contributed by atoms with van der Waals surface area (Å²) in [6.07, 6.45) is 2.67. The van der Waals surface area contributed by atoms with Crippen LogP contribution in [0.4, 0.5) is 5.69 Å². The van der Waals surface area contributed by atoms with Crippen LogP contribution < -0.4 is 10.2 Å². The molecule has 2 heteroatoms. The van der Waals surface area contributed by atoms with E-state index >= 15 is 0 Å². The van der Waals surface area contributed by atoms with Crippen molar-refractivity contribution in [2.75, 3.05) is 18.0 Å². The van der Waals surface area contributed by atoms with E-state index in [1.54, 1.807) is 0 Å². The lowest BCUT2D eigenvalue weighted by Gasteiger charge is -2.36. The molecule has 20 heavy (non-hydrogen) atoms. The number of hydrogen-bond acceptors (Lipinski definition) is 2. The first-order valence-electron chi connectivity index (χ1n) is 8.14. The Balaban J connectivity index is 2.02. The molecular formula is C18H30N2. The van der Waals surface area contributed by atoms with E-state index in [0.29, 0.717) is 6.04 Å². The van der Waals surface area contributed by atoms with E-state index in [0.717, 1.165) is 18.4 Å². The molecule has 112 valence electrons. The first-order chi connectivity index (χ1) is 9.58. The predicted octanol–water partition coefficient (Wildman–Crippen LogP) is 4.06. The van der Waals surface area contributed by atoms with E-state index in [1.165, 1.54) is 37.2 Å². The van der Waals surface area contributed by atoms with Gasteiger partial charge in [0.15, 0.2) is 0 Å². The van der Waals surface area contributed by atoms with E-state index in [2.05, 4.69) is 62.2 Å². The standard InChI is InChI=1S/C18H30N2/c1-14(2)16-9-11-20(12-10-16)18-8-6-5-7-17(18)13-19-15(3)4/h5-8,14-16,19H,9-13H2,1-4H3. The first-order valence-corrected chi connectivity index (χ1v) is 8.14. The summed E-state index contributed by atoms with van der Waals surface area (Å²) in [6.45, 7) is 12.5. The van der Waals surface area contributed by atoms with Gasteiger partial charge in [0.2, 0.25) is 0 Å².